The highest BCUT2D eigenvalue weighted by Crippen LogP contribution is 2.22. The molecule has 0 aliphatic rings. The first kappa shape index (κ1) is 20.2. The zero-order valence-electron chi connectivity index (χ0n) is 13.7. The number of aliphatic imine (C=N–C) groups is 1. The maximum Gasteiger partial charge on any atom is 0.193 e. The van der Waals surface area contributed by atoms with Crippen LogP contribution >= 0.6 is 24.0 Å². The monoisotopic (exact) mass is 405 g/mol. The summed E-state index contributed by atoms with van der Waals surface area (Å²) >= 11 is 0. The fourth-order valence-electron chi connectivity index (χ4n) is 1.91. The molecule has 1 aromatic carbocycles. The van der Waals surface area contributed by atoms with E-state index in [4.69, 9.17) is 10.5 Å². The number of guanidine groups is 1. The molecule has 3 N–H and O–H groups in total. The van der Waals surface area contributed by atoms with E-state index in [1.807, 2.05) is 13.8 Å². The highest BCUT2D eigenvalue weighted by molar-refractivity contribution is 14.0. The smallest absolute Gasteiger partial charge is 0.193 e. The van der Waals surface area contributed by atoms with E-state index in [9.17, 15) is 0 Å². The van der Waals surface area contributed by atoms with Crippen LogP contribution < -0.4 is 11.1 Å². The van der Waals surface area contributed by atoms with Crippen LogP contribution in [0.15, 0.2) is 23.2 Å². The summed E-state index contributed by atoms with van der Waals surface area (Å²) in [6, 6.07) is 6.33. The number of ether oxygens (including phenoxy) is 1. The Morgan fingerprint density at radius 2 is 1.76 bits per heavy atom. The average molecular weight is 405 g/mol. The summed E-state index contributed by atoms with van der Waals surface area (Å²) in [4.78, 5) is 4.37. The zero-order chi connectivity index (χ0) is 15.2. The Balaban J connectivity index is 0.00000400. The van der Waals surface area contributed by atoms with Crippen molar-refractivity contribution < 1.29 is 4.74 Å². The van der Waals surface area contributed by atoms with Crippen molar-refractivity contribution in [3.05, 3.63) is 29.3 Å². The lowest BCUT2D eigenvalue weighted by molar-refractivity contribution is 0.0312. The summed E-state index contributed by atoms with van der Waals surface area (Å²) in [5.41, 5.74) is 9.30. The van der Waals surface area contributed by atoms with Gasteiger partial charge in [-0.15, -0.1) is 24.0 Å². The van der Waals surface area contributed by atoms with Gasteiger partial charge in [0.05, 0.1) is 12.1 Å². The summed E-state index contributed by atoms with van der Waals surface area (Å²) < 4.78 is 5.34. The number of methoxy groups -OCH3 is 1. The van der Waals surface area contributed by atoms with Gasteiger partial charge in [-0.3, -0.25) is 4.99 Å². The van der Waals surface area contributed by atoms with Gasteiger partial charge in [-0.1, -0.05) is 32.0 Å². The van der Waals surface area contributed by atoms with Gasteiger partial charge in [-0.25, -0.2) is 0 Å². The Labute approximate surface area is 145 Å². The van der Waals surface area contributed by atoms with E-state index in [0.717, 1.165) is 18.5 Å². The number of hydrogen-bond donors (Lipinski definition) is 2. The molecule has 0 radical (unpaired) electrons. The predicted molar refractivity (Wildman–Crippen MR) is 102 cm³/mol. The van der Waals surface area contributed by atoms with Crippen molar-refractivity contribution in [2.24, 2.45) is 10.7 Å². The molecule has 0 spiro atoms. The number of nitrogens with one attached hydrogen (secondary N) is 1. The van der Waals surface area contributed by atoms with Crippen LogP contribution in [0, 0.1) is 0 Å². The van der Waals surface area contributed by atoms with Crippen molar-refractivity contribution in [3.8, 4) is 0 Å². The van der Waals surface area contributed by atoms with E-state index in [2.05, 4.69) is 42.4 Å². The Morgan fingerprint density at radius 3 is 2.19 bits per heavy atom. The Hall–Kier alpha value is -0.820. The van der Waals surface area contributed by atoms with Crippen LogP contribution in [0.5, 0.6) is 0 Å². The Morgan fingerprint density at radius 1 is 1.24 bits per heavy atom. The predicted octanol–water partition coefficient (Wildman–Crippen LogP) is 3.58. The number of benzene rings is 1. The maximum atomic E-state index is 6.00. The van der Waals surface area contributed by atoms with Gasteiger partial charge in [0.15, 0.2) is 5.96 Å². The molecule has 1 rings (SSSR count). The van der Waals surface area contributed by atoms with Crippen molar-refractivity contribution in [1.82, 2.24) is 0 Å². The number of anilines is 1. The van der Waals surface area contributed by atoms with Gasteiger partial charge in [0.1, 0.15) is 0 Å². The number of para-hydroxylation sites is 1. The lowest BCUT2D eigenvalue weighted by Crippen LogP contribution is -2.31. The van der Waals surface area contributed by atoms with E-state index in [-0.39, 0.29) is 29.6 Å². The second-order valence-electron chi connectivity index (χ2n) is 5.45. The fourth-order valence-corrected chi connectivity index (χ4v) is 1.91. The van der Waals surface area contributed by atoms with E-state index in [1.54, 1.807) is 7.11 Å². The van der Waals surface area contributed by atoms with Gasteiger partial charge >= 0.3 is 0 Å². The van der Waals surface area contributed by atoms with Crippen LogP contribution in [0.25, 0.3) is 0 Å². The normalized spacial score (nSPS) is 12.0. The van der Waals surface area contributed by atoms with Crippen LogP contribution in [-0.2, 0) is 17.6 Å². The number of halogens is 1. The molecule has 120 valence electrons. The summed E-state index contributed by atoms with van der Waals surface area (Å²) in [7, 11) is 1.68. The van der Waals surface area contributed by atoms with Gasteiger partial charge in [0, 0.05) is 12.8 Å². The highest BCUT2D eigenvalue weighted by atomic mass is 127. The molecule has 0 bridgehead atoms. The van der Waals surface area contributed by atoms with Crippen molar-refractivity contribution >= 4 is 35.6 Å². The molecule has 21 heavy (non-hydrogen) atoms. The van der Waals surface area contributed by atoms with E-state index >= 15 is 0 Å². The standard InChI is InChI=1S/C16H27N3O.HI/c1-6-12-9-8-10-13(7-2)14(12)19-15(17)18-11-16(3,4)20-5;/h8-10H,6-7,11H2,1-5H3,(H3,17,18,19);1H. The number of rotatable bonds is 6. The summed E-state index contributed by atoms with van der Waals surface area (Å²) in [6.45, 7) is 8.78. The van der Waals surface area contributed by atoms with E-state index < -0.39 is 0 Å². The van der Waals surface area contributed by atoms with E-state index in [0.29, 0.717) is 12.5 Å². The SMILES string of the molecule is CCc1cccc(CC)c1NC(N)=NCC(C)(C)OC.I. The number of hydrogen-bond acceptors (Lipinski definition) is 2. The minimum absolute atomic E-state index is 0. The molecule has 0 aliphatic heterocycles. The third-order valence-corrected chi connectivity index (χ3v) is 3.43. The largest absolute Gasteiger partial charge is 0.377 e. The lowest BCUT2D eigenvalue weighted by atomic mass is 10.0. The second kappa shape index (κ2) is 9.25. The molecule has 0 saturated carbocycles. The molecule has 0 aliphatic carbocycles. The van der Waals surface area contributed by atoms with E-state index in [1.165, 1.54) is 11.1 Å². The van der Waals surface area contributed by atoms with Crippen LogP contribution in [-0.4, -0.2) is 25.2 Å². The van der Waals surface area contributed by atoms with Crippen LogP contribution in [0.1, 0.15) is 38.8 Å². The van der Waals surface area contributed by atoms with Gasteiger partial charge < -0.3 is 15.8 Å². The third kappa shape index (κ3) is 6.22. The molecule has 0 saturated heterocycles. The molecular weight excluding hydrogens is 377 g/mol. The summed E-state index contributed by atoms with van der Waals surface area (Å²) in [5.74, 6) is 0.436. The van der Waals surface area contributed by atoms with Gasteiger partial charge in [-0.05, 0) is 37.8 Å². The van der Waals surface area contributed by atoms with Crippen molar-refractivity contribution in [3.63, 3.8) is 0 Å². The Bertz CT molecular complexity index is 450. The molecule has 4 nitrogen and oxygen atoms in total. The first-order valence-corrected chi connectivity index (χ1v) is 7.16. The molecule has 5 heteroatoms. The molecule has 0 fully saturated rings. The summed E-state index contributed by atoms with van der Waals surface area (Å²) in [5, 5.41) is 3.25. The van der Waals surface area contributed by atoms with Crippen LogP contribution in [0.3, 0.4) is 0 Å². The molecule has 0 unspecified atom stereocenters. The summed E-state index contributed by atoms with van der Waals surface area (Å²) in [6.07, 6.45) is 1.93. The minimum atomic E-state index is -0.301. The van der Waals surface area contributed by atoms with Crippen molar-refractivity contribution in [2.45, 2.75) is 46.1 Å². The van der Waals surface area contributed by atoms with Gasteiger partial charge in [0.25, 0.3) is 0 Å². The van der Waals surface area contributed by atoms with Crippen LogP contribution in [0.4, 0.5) is 5.69 Å². The Kier molecular flexibility index (Phi) is 8.89. The molecule has 1 aromatic rings. The molecular formula is C16H28IN3O. The second-order valence-corrected chi connectivity index (χ2v) is 5.45. The quantitative estimate of drug-likeness (QED) is 0.432. The van der Waals surface area contributed by atoms with Gasteiger partial charge in [0.2, 0.25) is 0 Å². The van der Waals surface area contributed by atoms with Crippen molar-refractivity contribution in [1.29, 1.82) is 0 Å². The molecule has 0 aromatic heterocycles. The zero-order valence-corrected chi connectivity index (χ0v) is 16.0. The highest BCUT2D eigenvalue weighted by Gasteiger charge is 2.15. The topological polar surface area (TPSA) is 59.6 Å². The molecule has 0 atom stereocenters. The first-order chi connectivity index (χ1) is 9.43. The molecule has 0 heterocycles. The third-order valence-electron chi connectivity index (χ3n) is 3.43. The average Bonchev–Trinajstić information content (AvgIpc) is 2.45. The maximum absolute atomic E-state index is 6.00. The van der Waals surface area contributed by atoms with Crippen LogP contribution in [0.2, 0.25) is 0 Å². The van der Waals surface area contributed by atoms with Gasteiger partial charge in [-0.2, -0.15) is 0 Å². The minimum Gasteiger partial charge on any atom is -0.377 e. The first-order valence-electron chi connectivity index (χ1n) is 7.16. The number of nitrogens with two attached hydrogens (primary N) is 1. The number of nitrogens with zero attached hydrogens (tertiary/aromatic N) is 1. The number of aryl methyl sites for hydroxylation is 2. The van der Waals surface area contributed by atoms with Crippen molar-refractivity contribution in [2.75, 3.05) is 19.0 Å². The molecule has 0 amide bonds. The fraction of sp³-hybridized carbons (Fsp3) is 0.562. The lowest BCUT2D eigenvalue weighted by Gasteiger charge is -2.21.